The molecule has 0 radical (unpaired) electrons. The molecule has 0 aromatic carbocycles. The van der Waals surface area contributed by atoms with E-state index in [1.807, 2.05) is 0 Å². The van der Waals surface area contributed by atoms with E-state index in [1.54, 1.807) is 7.05 Å². The predicted molar refractivity (Wildman–Crippen MR) is 66.5 cm³/mol. The molecule has 0 aliphatic rings. The number of nitrogens with two attached hydrogens (primary N) is 1. The van der Waals surface area contributed by atoms with Gasteiger partial charge < -0.3 is 15.4 Å². The lowest BCUT2D eigenvalue weighted by atomic mass is 10.3. The van der Waals surface area contributed by atoms with Crippen LogP contribution in [0.15, 0.2) is 0 Å². The second-order valence-electron chi connectivity index (χ2n) is 3.85. The summed E-state index contributed by atoms with van der Waals surface area (Å²) in [6.45, 7) is 1.25. The van der Waals surface area contributed by atoms with Gasteiger partial charge in [-0.05, 0) is 13.0 Å². The van der Waals surface area contributed by atoms with Gasteiger partial charge in [-0.15, -0.1) is 0 Å². The van der Waals surface area contributed by atoms with Gasteiger partial charge in [0.2, 0.25) is 5.91 Å². The van der Waals surface area contributed by atoms with Gasteiger partial charge in [-0.1, -0.05) is 0 Å². The maximum Gasteiger partial charge on any atom is 0.223 e. The van der Waals surface area contributed by atoms with Crippen LogP contribution in [0.1, 0.15) is 12.8 Å². The van der Waals surface area contributed by atoms with Crippen molar-refractivity contribution in [2.45, 2.75) is 12.8 Å². The lowest BCUT2D eigenvalue weighted by Crippen LogP contribution is -2.30. The van der Waals surface area contributed by atoms with E-state index < -0.39 is 9.84 Å². The Hall–Kier alpha value is -0.660. The molecule has 0 spiro atoms. The second kappa shape index (κ2) is 8.43. The van der Waals surface area contributed by atoms with Crippen molar-refractivity contribution in [3.8, 4) is 0 Å². The topological polar surface area (TPSA) is 89.7 Å². The molecule has 0 saturated heterocycles. The number of rotatable bonds is 9. The van der Waals surface area contributed by atoms with Crippen LogP contribution < -0.4 is 5.73 Å². The highest BCUT2D eigenvalue weighted by Gasteiger charge is 2.15. The Morgan fingerprint density at radius 1 is 1.35 bits per heavy atom. The van der Waals surface area contributed by atoms with Crippen LogP contribution in [0.5, 0.6) is 0 Å². The third-order valence-electron chi connectivity index (χ3n) is 2.35. The number of amides is 1. The van der Waals surface area contributed by atoms with Gasteiger partial charge in [-0.2, -0.15) is 0 Å². The molecule has 0 bridgehead atoms. The highest BCUT2D eigenvalue weighted by atomic mass is 32.2. The molecular formula is C10H22N2O4S. The minimum absolute atomic E-state index is 0.0210. The third kappa shape index (κ3) is 8.12. The van der Waals surface area contributed by atoms with E-state index in [0.717, 1.165) is 6.42 Å². The maximum atomic E-state index is 11.6. The minimum atomic E-state index is -3.19. The smallest absolute Gasteiger partial charge is 0.223 e. The largest absolute Gasteiger partial charge is 0.384 e. The fourth-order valence-corrected chi connectivity index (χ4v) is 2.31. The summed E-state index contributed by atoms with van der Waals surface area (Å²) < 4.78 is 27.6. The number of methoxy groups -OCH3 is 1. The van der Waals surface area contributed by atoms with Gasteiger partial charge in [0.25, 0.3) is 0 Å². The van der Waals surface area contributed by atoms with Crippen molar-refractivity contribution in [2.75, 3.05) is 45.4 Å². The number of carbonyl (C=O) groups excluding carboxylic acids is 1. The van der Waals surface area contributed by atoms with Crippen molar-refractivity contribution in [3.63, 3.8) is 0 Å². The third-order valence-corrected chi connectivity index (χ3v) is 3.96. The number of ether oxygens (including phenoxy) is 1. The molecule has 0 atom stereocenters. The number of sulfone groups is 1. The molecule has 0 saturated carbocycles. The Morgan fingerprint density at radius 3 is 2.53 bits per heavy atom. The number of hydrogen-bond acceptors (Lipinski definition) is 5. The van der Waals surface area contributed by atoms with Gasteiger partial charge in [0, 0.05) is 27.1 Å². The van der Waals surface area contributed by atoms with Crippen LogP contribution in [-0.2, 0) is 19.4 Å². The summed E-state index contributed by atoms with van der Waals surface area (Å²) in [7, 11) is -0.0918. The van der Waals surface area contributed by atoms with Gasteiger partial charge in [-0.25, -0.2) is 8.42 Å². The van der Waals surface area contributed by atoms with Crippen molar-refractivity contribution >= 4 is 15.7 Å². The normalized spacial score (nSPS) is 11.5. The fraction of sp³-hybridized carbons (Fsp3) is 0.900. The molecule has 0 unspecified atom stereocenters. The Kier molecular flexibility index (Phi) is 8.11. The Morgan fingerprint density at radius 2 is 2.00 bits per heavy atom. The molecule has 2 N–H and O–H groups in total. The zero-order chi connectivity index (χ0) is 13.3. The van der Waals surface area contributed by atoms with Crippen molar-refractivity contribution in [1.82, 2.24) is 4.90 Å². The molecular weight excluding hydrogens is 244 g/mol. The molecule has 6 nitrogen and oxygen atoms in total. The molecule has 0 aliphatic carbocycles. The molecule has 0 aromatic heterocycles. The van der Waals surface area contributed by atoms with Crippen molar-refractivity contribution in [2.24, 2.45) is 5.73 Å². The highest BCUT2D eigenvalue weighted by molar-refractivity contribution is 7.91. The molecule has 0 fully saturated rings. The van der Waals surface area contributed by atoms with Crippen LogP contribution in [-0.4, -0.2) is 64.6 Å². The van der Waals surface area contributed by atoms with Crippen LogP contribution >= 0.6 is 0 Å². The van der Waals surface area contributed by atoms with Crippen molar-refractivity contribution in [1.29, 1.82) is 0 Å². The average Bonchev–Trinajstić information content (AvgIpc) is 2.30. The summed E-state index contributed by atoms with van der Waals surface area (Å²) in [6, 6.07) is 0. The minimum Gasteiger partial charge on any atom is -0.384 e. The standard InChI is InChI=1S/C10H22N2O4S/c1-12(6-3-5-11)10(13)4-8-17(14,15)9-7-16-2/h3-9,11H2,1-2H3. The second-order valence-corrected chi connectivity index (χ2v) is 6.16. The summed E-state index contributed by atoms with van der Waals surface area (Å²) >= 11 is 0. The number of carbonyl (C=O) groups is 1. The van der Waals surface area contributed by atoms with E-state index in [2.05, 4.69) is 0 Å². The molecule has 0 heterocycles. The van der Waals surface area contributed by atoms with Crippen molar-refractivity contribution in [3.05, 3.63) is 0 Å². The Labute approximate surface area is 103 Å². The van der Waals surface area contributed by atoms with E-state index in [0.29, 0.717) is 13.1 Å². The average molecular weight is 266 g/mol. The lowest BCUT2D eigenvalue weighted by molar-refractivity contribution is -0.129. The molecule has 0 aromatic rings. The quantitative estimate of drug-likeness (QED) is 0.593. The number of hydrogen-bond donors (Lipinski definition) is 1. The maximum absolute atomic E-state index is 11.6. The van der Waals surface area contributed by atoms with Gasteiger partial charge in [0.15, 0.2) is 9.84 Å². The highest BCUT2D eigenvalue weighted by Crippen LogP contribution is 1.98. The first-order valence-electron chi connectivity index (χ1n) is 5.56. The summed E-state index contributed by atoms with van der Waals surface area (Å²) in [4.78, 5) is 13.1. The molecule has 17 heavy (non-hydrogen) atoms. The molecule has 0 rings (SSSR count). The van der Waals surface area contributed by atoms with Gasteiger partial charge in [0.05, 0.1) is 18.1 Å². The predicted octanol–water partition coefficient (Wildman–Crippen LogP) is -0.755. The van der Waals surface area contributed by atoms with Gasteiger partial charge in [0.1, 0.15) is 0 Å². The van der Waals surface area contributed by atoms with E-state index in [4.69, 9.17) is 10.5 Å². The Balaban J connectivity index is 3.97. The van der Waals surface area contributed by atoms with Gasteiger partial charge in [-0.3, -0.25) is 4.79 Å². The first-order chi connectivity index (χ1) is 7.93. The first-order valence-corrected chi connectivity index (χ1v) is 7.38. The summed E-state index contributed by atoms with van der Waals surface area (Å²) in [6.07, 6.45) is 0.742. The van der Waals surface area contributed by atoms with Crippen LogP contribution in [0.2, 0.25) is 0 Å². The monoisotopic (exact) mass is 266 g/mol. The summed E-state index contributed by atoms with van der Waals surface area (Å²) in [5, 5.41) is 0. The van der Waals surface area contributed by atoms with E-state index >= 15 is 0 Å². The van der Waals surface area contributed by atoms with Crippen LogP contribution in [0, 0.1) is 0 Å². The molecule has 102 valence electrons. The number of nitrogens with zero attached hydrogens (tertiary/aromatic N) is 1. The Bertz CT molecular complexity index is 316. The summed E-state index contributed by atoms with van der Waals surface area (Å²) in [5.41, 5.74) is 5.33. The summed E-state index contributed by atoms with van der Waals surface area (Å²) in [5.74, 6) is -0.328. The zero-order valence-electron chi connectivity index (χ0n) is 10.5. The van der Waals surface area contributed by atoms with E-state index in [1.165, 1.54) is 12.0 Å². The van der Waals surface area contributed by atoms with Crippen LogP contribution in [0.4, 0.5) is 0 Å². The molecule has 1 amide bonds. The molecule has 7 heteroatoms. The van der Waals surface area contributed by atoms with E-state index in [9.17, 15) is 13.2 Å². The molecule has 0 aliphatic heterocycles. The SMILES string of the molecule is COCCS(=O)(=O)CCC(=O)N(C)CCCN. The lowest BCUT2D eigenvalue weighted by Gasteiger charge is -2.16. The first kappa shape index (κ1) is 16.3. The van der Waals surface area contributed by atoms with Crippen molar-refractivity contribution < 1.29 is 17.9 Å². The fourth-order valence-electron chi connectivity index (χ4n) is 1.20. The zero-order valence-corrected chi connectivity index (χ0v) is 11.3. The van der Waals surface area contributed by atoms with Gasteiger partial charge >= 0.3 is 0 Å². The van der Waals surface area contributed by atoms with Crippen LogP contribution in [0.3, 0.4) is 0 Å². The van der Waals surface area contributed by atoms with E-state index in [-0.39, 0.29) is 30.4 Å². The van der Waals surface area contributed by atoms with Crippen LogP contribution in [0.25, 0.3) is 0 Å².